The lowest BCUT2D eigenvalue weighted by Gasteiger charge is -2.42. The molecule has 0 heterocycles. The Morgan fingerprint density at radius 2 is 1.82 bits per heavy atom. The number of aryl methyl sites for hydroxylation is 1. The quantitative estimate of drug-likeness (QED) is 0.460. The van der Waals surface area contributed by atoms with Crippen LogP contribution in [0, 0.1) is 23.6 Å². The second-order valence-electron chi connectivity index (χ2n) is 9.28. The van der Waals surface area contributed by atoms with Gasteiger partial charge < -0.3 is 0 Å². The zero-order valence-electron chi connectivity index (χ0n) is 17.6. The topological polar surface area (TPSA) is 0 Å². The molecule has 2 aromatic rings. The summed E-state index contributed by atoms with van der Waals surface area (Å²) in [6, 6.07) is 10.5. The van der Waals surface area contributed by atoms with E-state index in [2.05, 4.69) is 43.3 Å². The zero-order valence-corrected chi connectivity index (χ0v) is 17.6. The molecule has 2 aliphatic carbocycles. The minimum Gasteiger partial charge on any atom is -0.206 e. The van der Waals surface area contributed by atoms with Crippen molar-refractivity contribution < 1.29 is 4.39 Å². The lowest BCUT2D eigenvalue weighted by molar-refractivity contribution is 0.116. The standard InChI is InChI=1S/C27H35F/c1-3-5-6-7-20-15-25-13-12-24(18-26(25)27(28)16-20)23-11-10-21-14-19(4-2)8-9-22(21)17-23/h3,5,12-13,15-16,18-19,21-23H,4,6-11,14,17H2,1-2H3. The Balaban J connectivity index is 1.50. The highest BCUT2D eigenvalue weighted by atomic mass is 19.1. The zero-order chi connectivity index (χ0) is 19.5. The van der Waals surface area contributed by atoms with E-state index in [0.717, 1.165) is 46.9 Å². The largest absolute Gasteiger partial charge is 0.206 e. The summed E-state index contributed by atoms with van der Waals surface area (Å²) >= 11 is 0. The van der Waals surface area contributed by atoms with E-state index in [1.807, 2.05) is 6.92 Å². The highest BCUT2D eigenvalue weighted by Crippen LogP contribution is 2.48. The minimum atomic E-state index is -0.0491. The van der Waals surface area contributed by atoms with Gasteiger partial charge in [-0.05, 0) is 104 Å². The summed E-state index contributed by atoms with van der Waals surface area (Å²) < 4.78 is 14.8. The fraction of sp³-hybridized carbons (Fsp3) is 0.556. The van der Waals surface area contributed by atoms with Gasteiger partial charge in [0.2, 0.25) is 0 Å². The predicted octanol–water partition coefficient (Wildman–Crippen LogP) is 8.20. The number of hydrogen-bond acceptors (Lipinski definition) is 0. The molecule has 1 heteroatoms. The molecule has 4 rings (SSSR count). The summed E-state index contributed by atoms with van der Waals surface area (Å²) in [6.07, 6.45) is 15.7. The third-order valence-electron chi connectivity index (χ3n) is 7.59. The molecule has 0 radical (unpaired) electrons. The van der Waals surface area contributed by atoms with Gasteiger partial charge in [-0.2, -0.15) is 0 Å². The minimum absolute atomic E-state index is 0.0491. The molecule has 2 saturated carbocycles. The molecule has 0 aliphatic heterocycles. The van der Waals surface area contributed by atoms with Crippen molar-refractivity contribution in [3.8, 4) is 0 Å². The van der Waals surface area contributed by atoms with Gasteiger partial charge in [-0.25, -0.2) is 4.39 Å². The molecule has 0 saturated heterocycles. The Morgan fingerprint density at radius 1 is 1.00 bits per heavy atom. The summed E-state index contributed by atoms with van der Waals surface area (Å²) in [6.45, 7) is 4.39. The molecule has 4 unspecified atom stereocenters. The molecule has 0 N–H and O–H groups in total. The van der Waals surface area contributed by atoms with E-state index in [1.54, 1.807) is 6.07 Å². The number of fused-ring (bicyclic) bond motifs is 2. The van der Waals surface area contributed by atoms with Crippen LogP contribution in [0.5, 0.6) is 0 Å². The van der Waals surface area contributed by atoms with Crippen molar-refractivity contribution in [3.63, 3.8) is 0 Å². The Morgan fingerprint density at radius 3 is 2.64 bits per heavy atom. The van der Waals surface area contributed by atoms with Gasteiger partial charge in [0, 0.05) is 5.39 Å². The van der Waals surface area contributed by atoms with Gasteiger partial charge in [0.05, 0.1) is 0 Å². The molecule has 4 atom stereocenters. The summed E-state index contributed by atoms with van der Waals surface area (Å²) in [5, 5.41) is 1.86. The van der Waals surface area contributed by atoms with E-state index >= 15 is 0 Å². The first-order valence-corrected chi connectivity index (χ1v) is 11.5. The number of benzene rings is 2. The number of allylic oxidation sites excluding steroid dienone is 2. The first-order chi connectivity index (χ1) is 13.7. The number of rotatable bonds is 5. The van der Waals surface area contributed by atoms with Gasteiger partial charge in [0.15, 0.2) is 0 Å². The third kappa shape index (κ3) is 4.19. The van der Waals surface area contributed by atoms with Crippen LogP contribution in [0.2, 0.25) is 0 Å². The average molecular weight is 379 g/mol. The summed E-state index contributed by atoms with van der Waals surface area (Å²) in [7, 11) is 0. The molecule has 0 spiro atoms. The molecule has 0 aromatic heterocycles. The van der Waals surface area contributed by atoms with Crippen LogP contribution in [0.1, 0.15) is 82.3 Å². The summed E-state index contributed by atoms with van der Waals surface area (Å²) in [5.41, 5.74) is 2.47. The molecule has 28 heavy (non-hydrogen) atoms. The van der Waals surface area contributed by atoms with Crippen LogP contribution in [0.15, 0.2) is 42.5 Å². The molecular weight excluding hydrogens is 343 g/mol. The van der Waals surface area contributed by atoms with Crippen LogP contribution in [-0.4, -0.2) is 0 Å². The van der Waals surface area contributed by atoms with E-state index in [9.17, 15) is 4.39 Å². The number of hydrogen-bond donors (Lipinski definition) is 0. The van der Waals surface area contributed by atoms with Crippen LogP contribution < -0.4 is 0 Å². The van der Waals surface area contributed by atoms with Crippen LogP contribution in [0.25, 0.3) is 10.8 Å². The molecule has 0 amide bonds. The van der Waals surface area contributed by atoms with Crippen molar-refractivity contribution in [2.75, 3.05) is 0 Å². The Kier molecular flexibility index (Phi) is 6.19. The van der Waals surface area contributed by atoms with Crippen LogP contribution in [-0.2, 0) is 6.42 Å². The van der Waals surface area contributed by atoms with Crippen LogP contribution >= 0.6 is 0 Å². The maximum Gasteiger partial charge on any atom is 0.131 e. The third-order valence-corrected chi connectivity index (χ3v) is 7.59. The van der Waals surface area contributed by atoms with Crippen molar-refractivity contribution in [1.82, 2.24) is 0 Å². The van der Waals surface area contributed by atoms with Gasteiger partial charge in [-0.3, -0.25) is 0 Å². The smallest absolute Gasteiger partial charge is 0.131 e. The molecule has 2 aromatic carbocycles. The fourth-order valence-corrected chi connectivity index (χ4v) is 5.86. The molecule has 2 aliphatic rings. The van der Waals surface area contributed by atoms with Crippen molar-refractivity contribution in [3.05, 3.63) is 59.4 Å². The first-order valence-electron chi connectivity index (χ1n) is 11.5. The van der Waals surface area contributed by atoms with E-state index in [-0.39, 0.29) is 5.82 Å². The molecule has 0 nitrogen and oxygen atoms in total. The van der Waals surface area contributed by atoms with Crippen molar-refractivity contribution in [2.45, 2.75) is 77.6 Å². The van der Waals surface area contributed by atoms with Gasteiger partial charge in [-0.1, -0.05) is 50.1 Å². The average Bonchev–Trinajstić information content (AvgIpc) is 2.73. The summed E-state index contributed by atoms with van der Waals surface area (Å²) in [5.74, 6) is 3.39. The second kappa shape index (κ2) is 8.80. The maximum absolute atomic E-state index is 14.8. The van der Waals surface area contributed by atoms with Crippen molar-refractivity contribution >= 4 is 10.8 Å². The lowest BCUT2D eigenvalue weighted by Crippen LogP contribution is -2.30. The molecule has 150 valence electrons. The van der Waals surface area contributed by atoms with E-state index < -0.39 is 0 Å². The summed E-state index contributed by atoms with van der Waals surface area (Å²) in [4.78, 5) is 0. The van der Waals surface area contributed by atoms with E-state index in [4.69, 9.17) is 0 Å². The molecular formula is C27H35F. The molecule has 0 bridgehead atoms. The second-order valence-corrected chi connectivity index (χ2v) is 9.28. The highest BCUT2D eigenvalue weighted by Gasteiger charge is 2.35. The highest BCUT2D eigenvalue weighted by molar-refractivity contribution is 5.84. The van der Waals surface area contributed by atoms with Gasteiger partial charge in [0.25, 0.3) is 0 Å². The SMILES string of the molecule is CC=CCCc1cc(F)c2cc(C3CCC4CC(CC)CCC4C3)ccc2c1. The Hall–Kier alpha value is -1.63. The van der Waals surface area contributed by atoms with Gasteiger partial charge >= 0.3 is 0 Å². The van der Waals surface area contributed by atoms with Gasteiger partial charge in [0.1, 0.15) is 5.82 Å². The lowest BCUT2D eigenvalue weighted by atomic mass is 9.63. The predicted molar refractivity (Wildman–Crippen MR) is 118 cm³/mol. The Labute approximate surface area is 170 Å². The molecule has 2 fully saturated rings. The van der Waals surface area contributed by atoms with E-state index in [0.29, 0.717) is 5.92 Å². The van der Waals surface area contributed by atoms with Gasteiger partial charge in [-0.15, -0.1) is 0 Å². The fourth-order valence-electron chi connectivity index (χ4n) is 5.86. The van der Waals surface area contributed by atoms with Crippen LogP contribution in [0.3, 0.4) is 0 Å². The number of halogens is 1. The normalized spacial score (nSPS) is 28.0. The Bertz CT molecular complexity index is 834. The maximum atomic E-state index is 14.8. The van der Waals surface area contributed by atoms with Crippen molar-refractivity contribution in [1.29, 1.82) is 0 Å². The monoisotopic (exact) mass is 378 g/mol. The van der Waals surface area contributed by atoms with E-state index in [1.165, 1.54) is 50.5 Å². The first kappa shape index (κ1) is 19.7. The van der Waals surface area contributed by atoms with Crippen LogP contribution in [0.4, 0.5) is 4.39 Å². The van der Waals surface area contributed by atoms with Crippen molar-refractivity contribution in [2.24, 2.45) is 17.8 Å².